The summed E-state index contributed by atoms with van der Waals surface area (Å²) in [5.74, 6) is 2.16. The van der Waals surface area contributed by atoms with Crippen molar-refractivity contribution in [1.29, 1.82) is 0 Å². The van der Waals surface area contributed by atoms with E-state index < -0.39 is 6.10 Å². The maximum Gasteiger partial charge on any atom is 0.0726 e. The van der Waals surface area contributed by atoms with Crippen LogP contribution in [0.15, 0.2) is 11.6 Å². The number of rotatable bonds is 5. The Kier molecular flexibility index (Phi) is 5.57. The van der Waals surface area contributed by atoms with Gasteiger partial charge in [0.2, 0.25) is 0 Å². The first-order valence-electron chi connectivity index (χ1n) is 14.0. The number of hydrogen-bond acceptors (Lipinski definition) is 3. The van der Waals surface area contributed by atoms with Crippen LogP contribution in [0, 0.1) is 50.7 Å². The zero-order valence-electron chi connectivity index (χ0n) is 22.2. The standard InChI is InChI=1S/C30H50O3/c1-19(2)15-21(32)16-20(17-31)22-9-11-28(6)24-8-7-23-26(3,4)25(33)10-12-29(23)18-30(24,29)14-13-27(22,28)5/h15,20-25,31-33H,7-14,16-18H2,1-6H3/t20-,21+,22+,23-,24-,25-,27+,28-,29+,30-/m0/s1. The van der Waals surface area contributed by atoms with Crippen molar-refractivity contribution in [3.8, 4) is 0 Å². The molecule has 5 saturated carbocycles. The largest absolute Gasteiger partial charge is 0.396 e. The van der Waals surface area contributed by atoms with Gasteiger partial charge in [0, 0.05) is 6.61 Å². The Balaban J connectivity index is 1.42. The lowest BCUT2D eigenvalue weighted by molar-refractivity contribution is -0.163. The fourth-order valence-electron chi connectivity index (χ4n) is 11.3. The van der Waals surface area contributed by atoms with Crippen LogP contribution in [0.1, 0.15) is 106 Å². The Morgan fingerprint density at radius 1 is 0.879 bits per heavy atom. The maximum absolute atomic E-state index is 10.8. The quantitative estimate of drug-likeness (QED) is 0.435. The minimum absolute atomic E-state index is 0.0512. The fourth-order valence-corrected chi connectivity index (χ4v) is 11.3. The van der Waals surface area contributed by atoms with Gasteiger partial charge >= 0.3 is 0 Å². The minimum atomic E-state index is -0.449. The third-order valence-electron chi connectivity index (χ3n) is 13.0. The van der Waals surface area contributed by atoms with E-state index in [2.05, 4.69) is 27.7 Å². The van der Waals surface area contributed by atoms with E-state index in [1.807, 2.05) is 19.9 Å². The molecule has 0 radical (unpaired) electrons. The van der Waals surface area contributed by atoms with Gasteiger partial charge < -0.3 is 15.3 Å². The van der Waals surface area contributed by atoms with E-state index in [0.29, 0.717) is 34.5 Å². The Morgan fingerprint density at radius 3 is 2.21 bits per heavy atom. The molecule has 0 aliphatic heterocycles. The van der Waals surface area contributed by atoms with E-state index in [1.54, 1.807) is 0 Å². The summed E-state index contributed by atoms with van der Waals surface area (Å²) < 4.78 is 0. The highest BCUT2D eigenvalue weighted by atomic mass is 16.3. The SMILES string of the molecule is CC(C)=C[C@@H](O)C[C@@H](CO)[C@H]1CC[C@@]2(C)[C@@H]3CC[C@H]4C(C)(C)[C@@H](O)CC[C@@]45C[C@@]35CC[C@]12C. The minimum Gasteiger partial charge on any atom is -0.396 e. The first kappa shape index (κ1) is 24.3. The van der Waals surface area contributed by atoms with E-state index in [4.69, 9.17) is 0 Å². The molecule has 33 heavy (non-hydrogen) atoms. The molecule has 0 amide bonds. The van der Waals surface area contributed by atoms with Crippen LogP contribution in [-0.4, -0.2) is 34.1 Å². The molecule has 3 nitrogen and oxygen atoms in total. The third kappa shape index (κ3) is 3.03. The molecule has 3 N–H and O–H groups in total. The van der Waals surface area contributed by atoms with Gasteiger partial charge in [-0.3, -0.25) is 0 Å². The molecule has 0 unspecified atom stereocenters. The zero-order valence-corrected chi connectivity index (χ0v) is 22.2. The summed E-state index contributed by atoms with van der Waals surface area (Å²) in [6, 6.07) is 0. The van der Waals surface area contributed by atoms with Gasteiger partial charge in [0.05, 0.1) is 12.2 Å². The number of aliphatic hydroxyl groups is 3. The molecule has 5 rings (SSSR count). The lowest BCUT2D eigenvalue weighted by atomic mass is 9.41. The van der Waals surface area contributed by atoms with Gasteiger partial charge in [-0.2, -0.15) is 0 Å². The van der Waals surface area contributed by atoms with Gasteiger partial charge in [-0.15, -0.1) is 0 Å². The van der Waals surface area contributed by atoms with Crippen molar-refractivity contribution < 1.29 is 15.3 Å². The highest BCUT2D eigenvalue weighted by molar-refractivity contribution is 5.30. The zero-order chi connectivity index (χ0) is 24.0. The Labute approximate surface area is 202 Å². The van der Waals surface area contributed by atoms with E-state index in [9.17, 15) is 15.3 Å². The number of hydrogen-bond donors (Lipinski definition) is 3. The summed E-state index contributed by atoms with van der Waals surface area (Å²) in [5.41, 5.74) is 2.78. The van der Waals surface area contributed by atoms with Crippen molar-refractivity contribution in [2.45, 2.75) is 118 Å². The van der Waals surface area contributed by atoms with Gasteiger partial charge in [-0.05, 0) is 129 Å². The van der Waals surface area contributed by atoms with Crippen LogP contribution >= 0.6 is 0 Å². The summed E-state index contributed by atoms with van der Waals surface area (Å²) in [4.78, 5) is 0. The van der Waals surface area contributed by atoms with Gasteiger partial charge in [-0.1, -0.05) is 39.3 Å². The molecule has 5 aliphatic rings. The number of fused-ring (bicyclic) bond motifs is 2. The smallest absolute Gasteiger partial charge is 0.0726 e. The average molecular weight is 459 g/mol. The van der Waals surface area contributed by atoms with Crippen molar-refractivity contribution in [3.05, 3.63) is 11.6 Å². The van der Waals surface area contributed by atoms with Crippen molar-refractivity contribution in [3.63, 3.8) is 0 Å². The van der Waals surface area contributed by atoms with Crippen LogP contribution in [0.3, 0.4) is 0 Å². The molecule has 5 aliphatic carbocycles. The highest BCUT2D eigenvalue weighted by Gasteiger charge is 2.82. The van der Waals surface area contributed by atoms with E-state index in [-0.39, 0.29) is 29.5 Å². The first-order chi connectivity index (χ1) is 15.4. The summed E-state index contributed by atoms with van der Waals surface area (Å²) in [6.45, 7) is 14.1. The summed E-state index contributed by atoms with van der Waals surface area (Å²) in [7, 11) is 0. The second kappa shape index (κ2) is 7.56. The predicted molar refractivity (Wildman–Crippen MR) is 134 cm³/mol. The number of aliphatic hydroxyl groups excluding tert-OH is 3. The molecular weight excluding hydrogens is 408 g/mol. The van der Waals surface area contributed by atoms with Crippen LogP contribution < -0.4 is 0 Å². The molecule has 3 heteroatoms. The second-order valence-electron chi connectivity index (χ2n) is 14.5. The van der Waals surface area contributed by atoms with Crippen LogP contribution in [0.4, 0.5) is 0 Å². The van der Waals surface area contributed by atoms with Gasteiger partial charge in [-0.25, -0.2) is 0 Å². The van der Waals surface area contributed by atoms with Crippen LogP contribution in [0.25, 0.3) is 0 Å². The lowest BCUT2D eigenvalue weighted by Crippen LogP contribution is -2.57. The molecule has 10 atom stereocenters. The molecule has 0 bridgehead atoms. The normalized spacial score (nSPS) is 51.4. The monoisotopic (exact) mass is 458 g/mol. The molecule has 2 spiro atoms. The first-order valence-corrected chi connectivity index (χ1v) is 14.0. The van der Waals surface area contributed by atoms with E-state index in [1.165, 1.54) is 51.4 Å². The predicted octanol–water partition coefficient (Wildman–Crippen LogP) is 6.11. The average Bonchev–Trinajstić information content (AvgIpc) is 3.32. The van der Waals surface area contributed by atoms with Crippen molar-refractivity contribution in [2.24, 2.45) is 50.7 Å². The molecular formula is C30H50O3. The summed E-state index contributed by atoms with van der Waals surface area (Å²) in [6.07, 6.45) is 13.4. The molecule has 0 saturated heterocycles. The topological polar surface area (TPSA) is 60.7 Å². The lowest BCUT2D eigenvalue weighted by Gasteiger charge is -2.63. The van der Waals surface area contributed by atoms with Crippen molar-refractivity contribution in [2.75, 3.05) is 6.61 Å². The van der Waals surface area contributed by atoms with E-state index >= 15 is 0 Å². The summed E-state index contributed by atoms with van der Waals surface area (Å²) in [5, 5.41) is 31.9. The van der Waals surface area contributed by atoms with Gasteiger partial charge in [0.1, 0.15) is 0 Å². The fraction of sp³-hybridized carbons (Fsp3) is 0.933. The van der Waals surface area contributed by atoms with Crippen LogP contribution in [0.5, 0.6) is 0 Å². The van der Waals surface area contributed by atoms with Gasteiger partial charge in [0.15, 0.2) is 0 Å². The maximum atomic E-state index is 10.8. The Morgan fingerprint density at radius 2 is 1.55 bits per heavy atom. The Hall–Kier alpha value is -0.380. The highest BCUT2D eigenvalue weighted by Crippen LogP contribution is 2.89. The van der Waals surface area contributed by atoms with Crippen LogP contribution in [-0.2, 0) is 0 Å². The molecule has 188 valence electrons. The van der Waals surface area contributed by atoms with Crippen molar-refractivity contribution >= 4 is 0 Å². The molecule has 5 fully saturated rings. The third-order valence-corrected chi connectivity index (χ3v) is 13.0. The molecule has 0 aromatic carbocycles. The molecule has 0 aromatic rings. The molecule has 0 aromatic heterocycles. The van der Waals surface area contributed by atoms with Crippen molar-refractivity contribution in [1.82, 2.24) is 0 Å². The summed E-state index contributed by atoms with van der Waals surface area (Å²) >= 11 is 0. The molecule has 0 heterocycles. The van der Waals surface area contributed by atoms with Crippen LogP contribution in [0.2, 0.25) is 0 Å². The van der Waals surface area contributed by atoms with E-state index in [0.717, 1.165) is 17.9 Å². The number of allylic oxidation sites excluding steroid dienone is 1. The Bertz CT molecular complexity index is 813. The second-order valence-corrected chi connectivity index (χ2v) is 14.5. The van der Waals surface area contributed by atoms with Gasteiger partial charge in [0.25, 0.3) is 0 Å².